The molecule has 1 spiro atoms. The fourth-order valence-electron chi connectivity index (χ4n) is 11.2. The van der Waals surface area contributed by atoms with E-state index in [2.05, 4.69) is 31.6 Å². The third kappa shape index (κ3) is 4.49. The van der Waals surface area contributed by atoms with Gasteiger partial charge in [0.2, 0.25) is 5.91 Å². The molecule has 10 rings (SSSR count). The highest BCUT2D eigenvalue weighted by Crippen LogP contribution is 2.72. The van der Waals surface area contributed by atoms with Crippen LogP contribution in [-0.4, -0.2) is 79.9 Å². The van der Waals surface area contributed by atoms with E-state index in [9.17, 15) is 13.2 Å². The quantitative estimate of drug-likeness (QED) is 0.303. The van der Waals surface area contributed by atoms with E-state index in [1.807, 2.05) is 18.2 Å². The van der Waals surface area contributed by atoms with Gasteiger partial charge in [-0.2, -0.15) is 12.7 Å². The lowest BCUT2D eigenvalue weighted by Gasteiger charge is -2.80. The molecule has 51 heavy (non-hydrogen) atoms. The average molecular weight is 712 g/mol. The first-order valence-corrected chi connectivity index (χ1v) is 20.7. The molecule has 6 fully saturated rings. The van der Waals surface area contributed by atoms with E-state index >= 15 is 4.79 Å². The van der Waals surface area contributed by atoms with E-state index in [0.717, 1.165) is 76.8 Å². The third-order valence-electron chi connectivity index (χ3n) is 14.4. The van der Waals surface area contributed by atoms with Gasteiger partial charge in [-0.1, -0.05) is 25.3 Å². The van der Waals surface area contributed by atoms with Crippen LogP contribution in [0.25, 0.3) is 22.2 Å². The van der Waals surface area contributed by atoms with E-state index in [0.29, 0.717) is 36.5 Å². The number of nitrogens with zero attached hydrogens (tertiary/aromatic N) is 3. The molecular weight excluding hydrogens is 663 g/mol. The molecular formula is C40H49N5O5S. The van der Waals surface area contributed by atoms with E-state index in [-0.39, 0.29) is 16.9 Å². The molecule has 11 heteroatoms. The van der Waals surface area contributed by atoms with Crippen LogP contribution in [0.2, 0.25) is 0 Å². The van der Waals surface area contributed by atoms with E-state index in [1.165, 1.54) is 63.7 Å². The number of hydrogen-bond acceptors (Lipinski definition) is 6. The van der Waals surface area contributed by atoms with Gasteiger partial charge in [-0.25, -0.2) is 4.72 Å². The van der Waals surface area contributed by atoms with Crippen LogP contribution in [-0.2, 0) is 21.5 Å². The summed E-state index contributed by atoms with van der Waals surface area (Å²) < 4.78 is 36.7. The van der Waals surface area contributed by atoms with Crippen LogP contribution in [0.1, 0.15) is 104 Å². The third-order valence-corrected chi connectivity index (χ3v) is 15.8. The number of aromatic nitrogens is 1. The Balaban J connectivity index is 1.08. The van der Waals surface area contributed by atoms with Crippen molar-refractivity contribution in [1.82, 2.24) is 23.8 Å². The van der Waals surface area contributed by atoms with Crippen molar-refractivity contribution in [3.8, 4) is 17.0 Å². The topological polar surface area (TPSA) is 113 Å². The maximum atomic E-state index is 15.2. The molecule has 0 bridgehead atoms. The number of carbonyl (C=O) groups is 2. The Morgan fingerprint density at radius 1 is 1.00 bits per heavy atom. The summed E-state index contributed by atoms with van der Waals surface area (Å²) in [5, 5.41) is 5.00. The summed E-state index contributed by atoms with van der Waals surface area (Å²) in [6, 6.07) is 13.2. The summed E-state index contributed by atoms with van der Waals surface area (Å²) in [6.07, 6.45) is 12.6. The van der Waals surface area contributed by atoms with Crippen molar-refractivity contribution in [3.05, 3.63) is 53.1 Å². The first-order valence-electron chi connectivity index (χ1n) is 19.2. The van der Waals surface area contributed by atoms with Crippen molar-refractivity contribution in [2.24, 2.45) is 16.7 Å². The van der Waals surface area contributed by atoms with Gasteiger partial charge in [-0.15, -0.1) is 0 Å². The molecule has 1 aromatic heterocycles. The summed E-state index contributed by atoms with van der Waals surface area (Å²) >= 11 is 0. The van der Waals surface area contributed by atoms with Crippen molar-refractivity contribution < 1.29 is 22.7 Å². The van der Waals surface area contributed by atoms with Crippen LogP contribution in [0.5, 0.6) is 5.75 Å². The minimum absolute atomic E-state index is 0.0833. The standard InChI is InChI=1S/C40H49N5O5S/c1-43(2)51(48,49)42-37(46)25-11-13-28-31(17-25)44-22-39(38(47)45-33-15-16-40(33)32(19-34(40)45)41-21-23-9-10-23)20-30(39)29-18-26(50-3)12-14-27(29)36(44)35(28)24-7-5-4-6-8-24/h11-14,17-18,23-24,30,32-34,41H,4-10,15-16,19-22H2,1-3H3,(H,42,46). The summed E-state index contributed by atoms with van der Waals surface area (Å²) in [5.41, 5.74) is 5.68. The Hall–Kier alpha value is -3.41. The van der Waals surface area contributed by atoms with Gasteiger partial charge in [0, 0.05) is 72.1 Å². The molecule has 10 nitrogen and oxygen atoms in total. The van der Waals surface area contributed by atoms with Gasteiger partial charge in [0.25, 0.3) is 5.91 Å². The molecule has 5 aliphatic carbocycles. The van der Waals surface area contributed by atoms with Crippen LogP contribution in [0.4, 0.5) is 0 Å². The minimum atomic E-state index is -3.97. The Labute approximate surface area is 300 Å². The normalized spacial score (nSPS) is 31.9. The molecule has 270 valence electrons. The van der Waals surface area contributed by atoms with Gasteiger partial charge in [0.05, 0.1) is 18.2 Å². The van der Waals surface area contributed by atoms with Crippen molar-refractivity contribution in [2.45, 2.75) is 107 Å². The molecule has 2 aromatic carbocycles. The molecule has 6 unspecified atom stereocenters. The number of nitrogens with one attached hydrogen (secondary N) is 2. The second-order valence-electron chi connectivity index (χ2n) is 17.0. The molecule has 2 aliphatic heterocycles. The summed E-state index contributed by atoms with van der Waals surface area (Å²) in [6.45, 7) is 1.66. The first-order chi connectivity index (χ1) is 24.6. The summed E-state index contributed by atoms with van der Waals surface area (Å²) in [7, 11) is 0.539. The van der Waals surface area contributed by atoms with Crippen LogP contribution < -0.4 is 14.8 Å². The van der Waals surface area contributed by atoms with Gasteiger partial charge < -0.3 is 19.5 Å². The minimum Gasteiger partial charge on any atom is -0.497 e. The van der Waals surface area contributed by atoms with Crippen molar-refractivity contribution >= 4 is 32.9 Å². The number of methoxy groups -OCH3 is 1. The number of amides is 2. The molecule has 5 saturated carbocycles. The zero-order chi connectivity index (χ0) is 35.0. The number of ether oxygens (including phenoxy) is 1. The van der Waals surface area contributed by atoms with Crippen LogP contribution in [0.3, 0.4) is 0 Å². The molecule has 2 N–H and O–H groups in total. The fourth-order valence-corrected chi connectivity index (χ4v) is 11.7. The van der Waals surface area contributed by atoms with Crippen LogP contribution in [0.15, 0.2) is 36.4 Å². The second kappa shape index (κ2) is 11.1. The van der Waals surface area contributed by atoms with Gasteiger partial charge in [0.1, 0.15) is 5.75 Å². The van der Waals surface area contributed by atoms with E-state index in [4.69, 9.17) is 4.74 Å². The zero-order valence-corrected chi connectivity index (χ0v) is 30.7. The molecule has 1 saturated heterocycles. The van der Waals surface area contributed by atoms with Crippen LogP contribution in [0, 0.1) is 16.7 Å². The van der Waals surface area contributed by atoms with Crippen molar-refractivity contribution in [2.75, 3.05) is 27.7 Å². The second-order valence-corrected chi connectivity index (χ2v) is 18.9. The number of likely N-dealkylation sites (tertiary alicyclic amines) is 1. The highest BCUT2D eigenvalue weighted by molar-refractivity contribution is 7.87. The number of benzene rings is 2. The Morgan fingerprint density at radius 2 is 1.80 bits per heavy atom. The van der Waals surface area contributed by atoms with Gasteiger partial charge >= 0.3 is 10.2 Å². The number of piperidine rings is 2. The number of rotatable bonds is 9. The van der Waals surface area contributed by atoms with Crippen molar-refractivity contribution in [3.63, 3.8) is 0 Å². The van der Waals surface area contributed by atoms with Gasteiger partial charge in [0.15, 0.2) is 0 Å². The predicted molar refractivity (Wildman–Crippen MR) is 195 cm³/mol. The zero-order valence-electron chi connectivity index (χ0n) is 29.9. The Kier molecular flexibility index (Phi) is 6.99. The summed E-state index contributed by atoms with van der Waals surface area (Å²) in [4.78, 5) is 31.0. The maximum Gasteiger partial charge on any atom is 0.303 e. The highest BCUT2D eigenvalue weighted by atomic mass is 32.2. The largest absolute Gasteiger partial charge is 0.497 e. The lowest BCUT2D eigenvalue weighted by Crippen LogP contribution is -2.90. The SMILES string of the molecule is COc1ccc2c(c1)C1CC1(C(=O)N1C3CCC34C(NCC3CC3)CC14)Cn1c-2c(C2CCCCC2)c2ccc(C(=O)NS(=O)(=O)N(C)C)cc21. The van der Waals surface area contributed by atoms with Gasteiger partial charge in [-0.05, 0) is 111 Å². The fraction of sp³-hybridized carbons (Fsp3) is 0.600. The monoisotopic (exact) mass is 711 g/mol. The lowest BCUT2D eigenvalue weighted by molar-refractivity contribution is -0.275. The number of hydrogen-bond donors (Lipinski definition) is 2. The molecule has 3 aromatic rings. The Bertz CT molecular complexity index is 2090. The Morgan fingerprint density at radius 3 is 2.49 bits per heavy atom. The van der Waals surface area contributed by atoms with E-state index < -0.39 is 21.5 Å². The molecule has 3 heterocycles. The lowest BCUT2D eigenvalue weighted by atomic mass is 9.40. The number of carbonyl (C=O) groups excluding carboxylic acids is 2. The maximum absolute atomic E-state index is 15.2. The molecule has 0 radical (unpaired) electrons. The molecule has 2 amide bonds. The first kappa shape index (κ1) is 32.3. The molecule has 7 aliphatic rings. The number of fused-ring (bicyclic) bond motifs is 7. The average Bonchev–Trinajstić information content (AvgIpc) is 4.03. The van der Waals surface area contributed by atoms with Gasteiger partial charge in [-0.3, -0.25) is 9.59 Å². The highest BCUT2D eigenvalue weighted by Gasteiger charge is 2.79. The smallest absolute Gasteiger partial charge is 0.303 e. The van der Waals surface area contributed by atoms with E-state index in [1.54, 1.807) is 13.2 Å². The van der Waals surface area contributed by atoms with Crippen LogP contribution >= 0.6 is 0 Å². The van der Waals surface area contributed by atoms with Crippen molar-refractivity contribution in [1.29, 1.82) is 0 Å². The predicted octanol–water partition coefficient (Wildman–Crippen LogP) is 5.52. The molecule has 6 atom stereocenters. The summed E-state index contributed by atoms with van der Waals surface area (Å²) in [5.74, 6) is 1.73.